The number of ether oxygens (including phenoxy) is 1. The maximum atomic E-state index is 12.1. The minimum Gasteiger partial charge on any atom is -0.507 e. The quantitative estimate of drug-likeness (QED) is 0.673. The van der Waals surface area contributed by atoms with Gasteiger partial charge in [0.25, 0.3) is 0 Å². The number of imidazole rings is 1. The second-order valence-corrected chi connectivity index (χ2v) is 6.64. The third-order valence-electron chi connectivity index (χ3n) is 4.65. The van der Waals surface area contributed by atoms with Gasteiger partial charge in [-0.15, -0.1) is 0 Å². The highest BCUT2D eigenvalue weighted by atomic mass is 16.5. The van der Waals surface area contributed by atoms with Gasteiger partial charge < -0.3 is 19.3 Å². The molecule has 1 aromatic heterocycles. The molecule has 0 aliphatic heterocycles. The number of aromatic hydroxyl groups is 1. The van der Waals surface area contributed by atoms with Gasteiger partial charge in [-0.3, -0.25) is 4.79 Å². The molecule has 2 aromatic carbocycles. The highest BCUT2D eigenvalue weighted by Crippen LogP contribution is 2.33. The summed E-state index contributed by atoms with van der Waals surface area (Å²) in [6.07, 6.45) is 4.98. The Bertz CT molecular complexity index is 948. The van der Waals surface area contributed by atoms with Gasteiger partial charge in [0.1, 0.15) is 17.3 Å². The van der Waals surface area contributed by atoms with Gasteiger partial charge in [0.05, 0.1) is 13.7 Å². The molecule has 3 rings (SSSR count). The largest absolute Gasteiger partial charge is 0.507 e. The minimum atomic E-state index is 0.112. The molecule has 0 unspecified atom stereocenters. The zero-order valence-electron chi connectivity index (χ0n) is 16.4. The summed E-state index contributed by atoms with van der Waals surface area (Å²) in [4.78, 5) is 18.2. The topological polar surface area (TPSA) is 67.6 Å². The van der Waals surface area contributed by atoms with Crippen molar-refractivity contribution >= 4 is 5.91 Å². The Labute approximate surface area is 165 Å². The van der Waals surface area contributed by atoms with E-state index in [-0.39, 0.29) is 11.7 Å². The van der Waals surface area contributed by atoms with Gasteiger partial charge in [-0.1, -0.05) is 19.1 Å². The van der Waals surface area contributed by atoms with Crippen LogP contribution in [0.2, 0.25) is 0 Å². The van der Waals surface area contributed by atoms with Crippen LogP contribution in [0.3, 0.4) is 0 Å². The average Bonchev–Trinajstić information content (AvgIpc) is 3.17. The molecule has 0 radical (unpaired) electrons. The van der Waals surface area contributed by atoms with Crippen LogP contribution in [-0.4, -0.2) is 39.6 Å². The highest BCUT2D eigenvalue weighted by Gasteiger charge is 2.13. The maximum absolute atomic E-state index is 12.1. The van der Waals surface area contributed by atoms with E-state index >= 15 is 0 Å². The summed E-state index contributed by atoms with van der Waals surface area (Å²) in [7, 11) is 3.40. The van der Waals surface area contributed by atoms with Crippen LogP contribution in [-0.2, 0) is 11.3 Å². The van der Waals surface area contributed by atoms with Crippen molar-refractivity contribution in [2.75, 3.05) is 14.2 Å². The molecule has 1 N–H and O–H groups in total. The molecule has 0 spiro atoms. The van der Waals surface area contributed by atoms with Gasteiger partial charge in [-0.25, -0.2) is 4.98 Å². The number of hydrogen-bond acceptors (Lipinski definition) is 4. The van der Waals surface area contributed by atoms with E-state index in [2.05, 4.69) is 4.98 Å². The second kappa shape index (κ2) is 8.61. The van der Waals surface area contributed by atoms with E-state index in [1.54, 1.807) is 43.5 Å². The number of hydrogen-bond donors (Lipinski definition) is 1. The summed E-state index contributed by atoms with van der Waals surface area (Å²) in [6, 6.07) is 13.0. The molecular formula is C22H25N3O3. The lowest BCUT2D eigenvalue weighted by Gasteiger charge is -2.17. The molecule has 146 valence electrons. The number of aromatic nitrogens is 2. The van der Waals surface area contributed by atoms with Gasteiger partial charge in [-0.05, 0) is 42.3 Å². The van der Waals surface area contributed by atoms with Crippen LogP contribution in [0.15, 0.2) is 54.9 Å². The average molecular weight is 379 g/mol. The molecule has 0 saturated heterocycles. The molecule has 0 aliphatic carbocycles. The lowest BCUT2D eigenvalue weighted by Crippen LogP contribution is -2.27. The van der Waals surface area contributed by atoms with Crippen LogP contribution in [0.4, 0.5) is 0 Å². The molecule has 6 heteroatoms. The number of rotatable bonds is 7. The Morgan fingerprint density at radius 2 is 1.96 bits per heavy atom. The number of nitrogens with zero attached hydrogens (tertiary/aromatic N) is 3. The van der Waals surface area contributed by atoms with Gasteiger partial charge in [0.2, 0.25) is 5.91 Å². The van der Waals surface area contributed by atoms with Gasteiger partial charge in [0, 0.05) is 37.1 Å². The van der Waals surface area contributed by atoms with E-state index in [0.717, 1.165) is 23.5 Å². The SMILES string of the molecule is CCCC(=O)N(C)Cc1nccn1-c1ccc(-c2cc(OC)ccc2O)cc1. The van der Waals surface area contributed by atoms with Crippen molar-refractivity contribution < 1.29 is 14.6 Å². The molecule has 0 saturated carbocycles. The molecule has 0 bridgehead atoms. The molecule has 6 nitrogen and oxygen atoms in total. The lowest BCUT2D eigenvalue weighted by atomic mass is 10.0. The van der Waals surface area contributed by atoms with Crippen LogP contribution in [0.25, 0.3) is 16.8 Å². The zero-order chi connectivity index (χ0) is 20.1. The van der Waals surface area contributed by atoms with Crippen LogP contribution in [0.1, 0.15) is 25.6 Å². The smallest absolute Gasteiger partial charge is 0.222 e. The molecule has 1 amide bonds. The van der Waals surface area contributed by atoms with Crippen molar-refractivity contribution in [3.63, 3.8) is 0 Å². The molecule has 0 atom stereocenters. The van der Waals surface area contributed by atoms with Crippen molar-refractivity contribution in [3.05, 3.63) is 60.7 Å². The van der Waals surface area contributed by atoms with Crippen molar-refractivity contribution in [3.8, 4) is 28.3 Å². The summed E-state index contributed by atoms with van der Waals surface area (Å²) in [5.41, 5.74) is 2.54. The summed E-state index contributed by atoms with van der Waals surface area (Å²) in [5.74, 6) is 1.80. The van der Waals surface area contributed by atoms with E-state index in [1.165, 1.54) is 0 Å². The molecular weight excluding hydrogens is 354 g/mol. The zero-order valence-corrected chi connectivity index (χ0v) is 16.4. The fraction of sp³-hybridized carbons (Fsp3) is 0.273. The Morgan fingerprint density at radius 1 is 1.21 bits per heavy atom. The van der Waals surface area contributed by atoms with Crippen molar-refractivity contribution in [2.45, 2.75) is 26.3 Å². The summed E-state index contributed by atoms with van der Waals surface area (Å²) >= 11 is 0. The first-order valence-electron chi connectivity index (χ1n) is 9.27. The monoisotopic (exact) mass is 379 g/mol. The third kappa shape index (κ3) is 4.17. The second-order valence-electron chi connectivity index (χ2n) is 6.64. The standard InChI is InChI=1S/C22H25N3O3/c1-4-5-22(27)24(2)15-21-23-12-13-25(21)17-8-6-16(7-9-17)19-14-18(28-3)10-11-20(19)26/h6-14,26H,4-5,15H2,1-3H3. The summed E-state index contributed by atoms with van der Waals surface area (Å²) in [5, 5.41) is 10.2. The van der Waals surface area contributed by atoms with Crippen LogP contribution >= 0.6 is 0 Å². The maximum Gasteiger partial charge on any atom is 0.222 e. The van der Waals surface area contributed by atoms with E-state index in [0.29, 0.717) is 24.3 Å². The number of amides is 1. The molecule has 3 aromatic rings. The number of carbonyl (C=O) groups is 1. The van der Waals surface area contributed by atoms with Crippen LogP contribution in [0, 0.1) is 0 Å². The Balaban J connectivity index is 1.84. The Kier molecular flexibility index (Phi) is 5.99. The number of methoxy groups -OCH3 is 1. The Morgan fingerprint density at radius 3 is 2.64 bits per heavy atom. The normalized spacial score (nSPS) is 10.7. The van der Waals surface area contributed by atoms with Crippen molar-refractivity contribution in [1.29, 1.82) is 0 Å². The van der Waals surface area contributed by atoms with E-state index in [1.807, 2.05) is 42.0 Å². The lowest BCUT2D eigenvalue weighted by molar-refractivity contribution is -0.130. The predicted octanol–water partition coefficient (Wildman–Crippen LogP) is 4.01. The first-order chi connectivity index (χ1) is 13.5. The third-order valence-corrected chi connectivity index (χ3v) is 4.65. The van der Waals surface area contributed by atoms with E-state index < -0.39 is 0 Å². The predicted molar refractivity (Wildman–Crippen MR) is 109 cm³/mol. The highest BCUT2D eigenvalue weighted by molar-refractivity contribution is 5.75. The Hall–Kier alpha value is -3.28. The van der Waals surface area contributed by atoms with Gasteiger partial charge in [0.15, 0.2) is 0 Å². The number of phenolic OH excluding ortho intramolecular Hbond substituents is 1. The van der Waals surface area contributed by atoms with Crippen LogP contribution in [0.5, 0.6) is 11.5 Å². The fourth-order valence-corrected chi connectivity index (χ4v) is 3.07. The van der Waals surface area contributed by atoms with E-state index in [4.69, 9.17) is 4.74 Å². The molecule has 0 aliphatic rings. The first kappa shape index (κ1) is 19.5. The van der Waals surface area contributed by atoms with Crippen molar-refractivity contribution in [1.82, 2.24) is 14.5 Å². The minimum absolute atomic E-state index is 0.112. The number of carbonyl (C=O) groups excluding carboxylic acids is 1. The molecule has 28 heavy (non-hydrogen) atoms. The number of benzene rings is 2. The molecule has 0 fully saturated rings. The summed E-state index contributed by atoms with van der Waals surface area (Å²) < 4.78 is 7.21. The first-order valence-corrected chi connectivity index (χ1v) is 9.27. The van der Waals surface area contributed by atoms with Crippen molar-refractivity contribution in [2.24, 2.45) is 0 Å². The van der Waals surface area contributed by atoms with Gasteiger partial charge in [-0.2, -0.15) is 0 Å². The van der Waals surface area contributed by atoms with Gasteiger partial charge >= 0.3 is 0 Å². The number of phenols is 1. The summed E-state index contributed by atoms with van der Waals surface area (Å²) in [6.45, 7) is 2.44. The van der Waals surface area contributed by atoms with Crippen LogP contribution < -0.4 is 4.74 Å². The molecule has 1 heterocycles. The fourth-order valence-electron chi connectivity index (χ4n) is 3.07. The van der Waals surface area contributed by atoms with E-state index in [9.17, 15) is 9.90 Å².